The number of aliphatic imine (C=N–C) groups is 1. The number of nitrogens with one attached hydrogen (secondary N) is 1. The van der Waals surface area contributed by atoms with Crippen molar-refractivity contribution in [3.8, 4) is 11.5 Å². The molecule has 0 amide bonds. The Kier molecular flexibility index (Phi) is 5.60. The van der Waals surface area contributed by atoms with Gasteiger partial charge in [-0.25, -0.2) is 4.99 Å². The summed E-state index contributed by atoms with van der Waals surface area (Å²) in [4.78, 5) is 8.49. The molecule has 1 aliphatic heterocycles. The Morgan fingerprint density at radius 3 is 2.84 bits per heavy atom. The zero-order chi connectivity index (χ0) is 17.6. The van der Waals surface area contributed by atoms with Crippen LogP contribution in [0.4, 0.5) is 0 Å². The summed E-state index contributed by atoms with van der Waals surface area (Å²) in [5, 5.41) is 3.83. The van der Waals surface area contributed by atoms with Crippen LogP contribution in [0.3, 0.4) is 0 Å². The number of methoxy groups -OCH3 is 2. The minimum Gasteiger partial charge on any atom is -0.493 e. The van der Waals surface area contributed by atoms with Crippen LogP contribution in [-0.2, 0) is 4.74 Å². The number of rotatable bonds is 6. The number of benzene rings is 1. The minimum atomic E-state index is -0.0665. The number of halogens is 1. The Labute approximate surface area is 151 Å². The highest BCUT2D eigenvalue weighted by Gasteiger charge is 2.22. The number of pyridine rings is 1. The molecule has 1 aromatic carbocycles. The van der Waals surface area contributed by atoms with E-state index in [1.165, 1.54) is 0 Å². The molecule has 1 N–H and O–H groups in total. The Balaban J connectivity index is 1.98. The smallest absolute Gasteiger partial charge is 0.284 e. The Hall–Kier alpha value is -2.47. The highest BCUT2D eigenvalue weighted by atomic mass is 35.5. The van der Waals surface area contributed by atoms with Crippen LogP contribution in [0, 0.1) is 0 Å². The molecular weight excluding hydrogens is 342 g/mol. The summed E-state index contributed by atoms with van der Waals surface area (Å²) in [5.74, 6) is 1.30. The standard InChI is InChI=1S/C18H20ClN3O3/c1-23-16-5-3-4-14(17(16)24-2)15(11-22-18-21-6-7-25-18)12-8-13(19)10-20-9-12/h3-5,8-10,15H,6-7,11H2,1-2H3,(H,21,22). The zero-order valence-corrected chi connectivity index (χ0v) is 14.9. The molecule has 1 atom stereocenters. The van der Waals surface area contributed by atoms with Gasteiger partial charge < -0.3 is 19.5 Å². The normalized spacial score (nSPS) is 14.4. The molecular formula is C18H20ClN3O3. The zero-order valence-electron chi connectivity index (χ0n) is 14.2. The molecule has 0 fully saturated rings. The number of aromatic nitrogens is 1. The third-order valence-electron chi connectivity index (χ3n) is 3.98. The van der Waals surface area contributed by atoms with Gasteiger partial charge in [-0.2, -0.15) is 0 Å². The lowest BCUT2D eigenvalue weighted by molar-refractivity contribution is 0.330. The van der Waals surface area contributed by atoms with Crippen molar-refractivity contribution >= 4 is 17.6 Å². The molecule has 0 saturated carbocycles. The van der Waals surface area contributed by atoms with Crippen LogP contribution in [0.1, 0.15) is 17.0 Å². The Morgan fingerprint density at radius 1 is 1.28 bits per heavy atom. The highest BCUT2D eigenvalue weighted by molar-refractivity contribution is 6.30. The lowest BCUT2D eigenvalue weighted by atomic mass is 9.91. The Morgan fingerprint density at radius 2 is 2.16 bits per heavy atom. The van der Waals surface area contributed by atoms with E-state index in [2.05, 4.69) is 15.3 Å². The molecule has 0 spiro atoms. The SMILES string of the molecule is COc1cccc(C(CNC2=NCCO2)c2cncc(Cl)c2)c1OC. The predicted octanol–water partition coefficient (Wildman–Crippen LogP) is 2.86. The number of nitrogens with zero attached hydrogens (tertiary/aromatic N) is 2. The third kappa shape index (κ3) is 3.96. The average molecular weight is 362 g/mol. The summed E-state index contributed by atoms with van der Waals surface area (Å²) in [7, 11) is 3.25. The lowest BCUT2D eigenvalue weighted by Gasteiger charge is -2.22. The molecule has 0 aliphatic carbocycles. The van der Waals surface area contributed by atoms with Crippen LogP contribution < -0.4 is 14.8 Å². The Bertz CT molecular complexity index is 767. The first-order valence-electron chi connectivity index (χ1n) is 7.95. The van der Waals surface area contributed by atoms with E-state index in [1.807, 2.05) is 24.3 Å². The number of amidine groups is 1. The second-order valence-electron chi connectivity index (χ2n) is 5.49. The van der Waals surface area contributed by atoms with Gasteiger partial charge in [-0.1, -0.05) is 23.7 Å². The molecule has 0 saturated heterocycles. The van der Waals surface area contributed by atoms with Crippen LogP contribution in [0.25, 0.3) is 0 Å². The van der Waals surface area contributed by atoms with Crippen LogP contribution in [-0.4, -0.2) is 44.9 Å². The van der Waals surface area contributed by atoms with Gasteiger partial charge in [0.2, 0.25) is 0 Å². The average Bonchev–Trinajstić information content (AvgIpc) is 3.15. The minimum absolute atomic E-state index is 0.0665. The van der Waals surface area contributed by atoms with Crippen molar-refractivity contribution in [2.75, 3.05) is 33.9 Å². The molecule has 6 nitrogen and oxygen atoms in total. The van der Waals surface area contributed by atoms with E-state index >= 15 is 0 Å². The maximum atomic E-state index is 6.15. The van der Waals surface area contributed by atoms with Crippen LogP contribution in [0.5, 0.6) is 11.5 Å². The fourth-order valence-corrected chi connectivity index (χ4v) is 3.03. The van der Waals surface area contributed by atoms with E-state index < -0.39 is 0 Å². The van der Waals surface area contributed by atoms with E-state index in [0.717, 1.165) is 11.1 Å². The summed E-state index contributed by atoms with van der Waals surface area (Å²) < 4.78 is 16.5. The second kappa shape index (κ2) is 8.07. The van der Waals surface area contributed by atoms with Gasteiger partial charge in [0.05, 0.1) is 25.8 Å². The van der Waals surface area contributed by atoms with E-state index in [1.54, 1.807) is 26.6 Å². The highest BCUT2D eigenvalue weighted by Crippen LogP contribution is 2.38. The third-order valence-corrected chi connectivity index (χ3v) is 4.19. The van der Waals surface area contributed by atoms with Gasteiger partial charge in [0.25, 0.3) is 6.02 Å². The molecule has 3 rings (SSSR count). The largest absolute Gasteiger partial charge is 0.493 e. The van der Waals surface area contributed by atoms with E-state index in [-0.39, 0.29) is 5.92 Å². The second-order valence-corrected chi connectivity index (χ2v) is 5.92. The van der Waals surface area contributed by atoms with Crippen molar-refractivity contribution in [2.45, 2.75) is 5.92 Å². The van der Waals surface area contributed by atoms with Crippen molar-refractivity contribution < 1.29 is 14.2 Å². The summed E-state index contributed by atoms with van der Waals surface area (Å²) in [6.45, 7) is 1.84. The van der Waals surface area contributed by atoms with Gasteiger partial charge in [0.1, 0.15) is 6.61 Å². The van der Waals surface area contributed by atoms with Crippen LogP contribution >= 0.6 is 11.6 Å². The number of hydrogen-bond acceptors (Lipinski definition) is 6. The molecule has 1 aromatic heterocycles. The quantitative estimate of drug-likeness (QED) is 0.857. The summed E-state index contributed by atoms with van der Waals surface area (Å²) >= 11 is 6.15. The van der Waals surface area contributed by atoms with Crippen molar-refractivity contribution in [1.29, 1.82) is 0 Å². The fourth-order valence-electron chi connectivity index (χ4n) is 2.84. The molecule has 0 radical (unpaired) electrons. The van der Waals surface area contributed by atoms with Gasteiger partial charge in [0.15, 0.2) is 11.5 Å². The van der Waals surface area contributed by atoms with E-state index in [4.69, 9.17) is 25.8 Å². The summed E-state index contributed by atoms with van der Waals surface area (Å²) in [6.07, 6.45) is 3.41. The van der Waals surface area contributed by atoms with E-state index in [9.17, 15) is 0 Å². The molecule has 132 valence electrons. The van der Waals surface area contributed by atoms with Gasteiger partial charge >= 0.3 is 0 Å². The monoisotopic (exact) mass is 361 g/mol. The number of ether oxygens (including phenoxy) is 3. The maximum absolute atomic E-state index is 6.15. The van der Waals surface area contributed by atoms with Crippen LogP contribution in [0.2, 0.25) is 5.02 Å². The lowest BCUT2D eigenvalue weighted by Crippen LogP contribution is -2.29. The number of para-hydroxylation sites is 1. The van der Waals surface area contributed by atoms with Crippen molar-refractivity contribution in [1.82, 2.24) is 10.3 Å². The van der Waals surface area contributed by atoms with E-state index in [0.29, 0.717) is 42.2 Å². The molecule has 2 heterocycles. The number of hydrogen-bond donors (Lipinski definition) is 1. The van der Waals surface area contributed by atoms with Gasteiger partial charge in [0, 0.05) is 30.4 Å². The first-order valence-corrected chi connectivity index (χ1v) is 8.33. The topological polar surface area (TPSA) is 65.0 Å². The molecule has 0 bridgehead atoms. The fraction of sp³-hybridized carbons (Fsp3) is 0.333. The van der Waals surface area contributed by atoms with Crippen molar-refractivity contribution in [3.05, 3.63) is 52.8 Å². The van der Waals surface area contributed by atoms with Crippen LogP contribution in [0.15, 0.2) is 41.7 Å². The van der Waals surface area contributed by atoms with Gasteiger partial charge in [-0.3, -0.25) is 4.98 Å². The van der Waals surface area contributed by atoms with Crippen molar-refractivity contribution in [2.24, 2.45) is 4.99 Å². The molecule has 25 heavy (non-hydrogen) atoms. The maximum Gasteiger partial charge on any atom is 0.284 e. The van der Waals surface area contributed by atoms with Gasteiger partial charge in [-0.15, -0.1) is 0 Å². The molecule has 2 aromatic rings. The van der Waals surface area contributed by atoms with Gasteiger partial charge in [-0.05, 0) is 17.7 Å². The summed E-state index contributed by atoms with van der Waals surface area (Å²) in [6, 6.07) is 8.27. The molecule has 1 unspecified atom stereocenters. The molecule has 7 heteroatoms. The summed E-state index contributed by atoms with van der Waals surface area (Å²) in [5.41, 5.74) is 1.93. The molecule has 1 aliphatic rings. The first kappa shape index (κ1) is 17.4. The predicted molar refractivity (Wildman–Crippen MR) is 96.9 cm³/mol. The first-order chi connectivity index (χ1) is 12.2. The van der Waals surface area contributed by atoms with Crippen molar-refractivity contribution in [3.63, 3.8) is 0 Å².